The third kappa shape index (κ3) is 6.49. The van der Waals surface area contributed by atoms with Crippen molar-refractivity contribution in [1.29, 1.82) is 10.5 Å². The number of carbonyl (C=O) groups excluding carboxylic acids is 1. The first-order valence-corrected chi connectivity index (χ1v) is 9.80. The van der Waals surface area contributed by atoms with Crippen molar-refractivity contribution >= 4 is 18.5 Å². The monoisotopic (exact) mass is 464 g/mol. The lowest BCUT2D eigenvalue weighted by Crippen LogP contribution is -2.35. The number of rotatable bonds is 2. The lowest BCUT2D eigenvalue weighted by molar-refractivity contribution is -0.125. The van der Waals surface area contributed by atoms with E-state index in [0.29, 0.717) is 25.4 Å². The Morgan fingerprint density at radius 3 is 2.25 bits per heavy atom. The van der Waals surface area contributed by atoms with Crippen LogP contribution >= 0.6 is 12.4 Å². The third-order valence-corrected chi connectivity index (χ3v) is 4.46. The molecule has 10 nitrogen and oxygen atoms in total. The van der Waals surface area contributed by atoms with Gasteiger partial charge in [0.15, 0.2) is 0 Å². The third-order valence-electron chi connectivity index (χ3n) is 4.46. The van der Waals surface area contributed by atoms with Gasteiger partial charge in [0.25, 0.3) is 0 Å². The first-order chi connectivity index (χ1) is 14.8. The first-order valence-electron chi connectivity index (χ1n) is 9.80. The molecule has 0 saturated carbocycles. The normalized spacial score (nSPS) is 19.8. The van der Waals surface area contributed by atoms with Crippen LogP contribution in [0.3, 0.4) is 0 Å². The molecule has 4 heterocycles. The molecule has 2 fully saturated rings. The highest BCUT2D eigenvalue weighted by Gasteiger charge is 2.35. The van der Waals surface area contributed by atoms with Crippen molar-refractivity contribution in [2.45, 2.75) is 51.3 Å². The highest BCUT2D eigenvalue weighted by molar-refractivity contribution is 5.85. The molecule has 4 rings (SSSR count). The Labute approximate surface area is 191 Å². The second-order valence-electron chi connectivity index (χ2n) is 7.96. The van der Waals surface area contributed by atoms with E-state index in [2.05, 4.69) is 5.48 Å². The van der Waals surface area contributed by atoms with E-state index in [0.717, 1.165) is 17.5 Å². The van der Waals surface area contributed by atoms with E-state index in [-0.39, 0.29) is 30.3 Å². The Hall–Kier alpha value is -3.02. The first kappa shape index (κ1) is 25.2. The van der Waals surface area contributed by atoms with Crippen LogP contribution in [-0.2, 0) is 14.4 Å². The van der Waals surface area contributed by atoms with Crippen molar-refractivity contribution < 1.29 is 28.0 Å². The summed E-state index contributed by atoms with van der Waals surface area (Å²) in [7, 11) is 0. The number of amides is 1. The molecule has 2 aromatic rings. The Bertz CT molecular complexity index is 978. The fraction of sp³-hybridized carbons (Fsp3) is 0.476. The van der Waals surface area contributed by atoms with E-state index in [9.17, 15) is 4.79 Å². The number of ether oxygens (including phenoxy) is 1. The molecule has 0 aliphatic carbocycles. The summed E-state index contributed by atoms with van der Waals surface area (Å²) >= 11 is 0. The maximum atomic E-state index is 12.0. The lowest BCUT2D eigenvalue weighted by atomic mass is 10.1. The van der Waals surface area contributed by atoms with Crippen molar-refractivity contribution in [1.82, 2.24) is 10.5 Å². The smallest absolute Gasteiger partial charge is 0.435 e. The predicted octanol–water partition coefficient (Wildman–Crippen LogP) is 4.30. The number of carbonyl (C=O) groups is 1. The van der Waals surface area contributed by atoms with Crippen LogP contribution in [-0.4, -0.2) is 30.0 Å². The molecule has 0 spiro atoms. The molecule has 2 aromatic heterocycles. The van der Waals surface area contributed by atoms with Gasteiger partial charge in [-0.05, 0) is 33.3 Å². The zero-order valence-electron chi connectivity index (χ0n) is 18.0. The van der Waals surface area contributed by atoms with Gasteiger partial charge in [-0.15, -0.1) is 12.4 Å². The molecule has 0 aromatic carbocycles. The number of halogens is 1. The number of hydrogen-bond donors (Lipinski definition) is 1. The van der Waals surface area contributed by atoms with Gasteiger partial charge in [0, 0.05) is 23.6 Å². The van der Waals surface area contributed by atoms with Gasteiger partial charge in [0.1, 0.15) is 17.7 Å². The van der Waals surface area contributed by atoms with Gasteiger partial charge in [-0.25, -0.2) is 4.79 Å². The lowest BCUT2D eigenvalue weighted by Gasteiger charge is -2.26. The maximum Gasteiger partial charge on any atom is 0.435 e. The highest BCUT2D eigenvalue weighted by Crippen LogP contribution is 2.32. The van der Waals surface area contributed by atoms with Gasteiger partial charge in [0.05, 0.1) is 37.8 Å². The number of nitrogens with one attached hydrogen (secondary N) is 1. The van der Waals surface area contributed by atoms with Gasteiger partial charge < -0.3 is 18.4 Å². The number of nitrogens with zero attached hydrogens (tertiary/aromatic N) is 3. The zero-order chi connectivity index (χ0) is 22.4. The SMILES string of the molecule is CC(C)(C)OC(=O)N1OCC[C@H]1c1coc(C#N)c1.Cl.N#Cc1cc([C@@H]2CCON2)co1. The molecular formula is C21H25ClN4O6. The Morgan fingerprint density at radius 1 is 1.09 bits per heavy atom. The van der Waals surface area contributed by atoms with Crippen LogP contribution in [0.2, 0.25) is 0 Å². The minimum absolute atomic E-state index is 0. The van der Waals surface area contributed by atoms with E-state index < -0.39 is 11.7 Å². The summed E-state index contributed by atoms with van der Waals surface area (Å²) in [5.74, 6) is 0.560. The van der Waals surface area contributed by atoms with Crippen LogP contribution < -0.4 is 5.48 Å². The standard InChI is InChI=1S/C13H16N2O4.C8H8N2O2.ClH/c1-13(2,3)19-12(16)15-11(4-5-18-15)9-6-10(7-14)17-8-9;9-4-7-3-6(5-11-7)8-1-2-12-10-8;/h6,8,11H,4-5H2,1-3H3;3,5,8,10H,1-2H2;1H/t11-;8-;/m00./s1. The van der Waals surface area contributed by atoms with Gasteiger partial charge >= 0.3 is 6.09 Å². The fourth-order valence-corrected chi connectivity index (χ4v) is 3.07. The molecule has 0 unspecified atom stereocenters. The zero-order valence-corrected chi connectivity index (χ0v) is 18.8. The van der Waals surface area contributed by atoms with E-state index >= 15 is 0 Å². The van der Waals surface area contributed by atoms with Gasteiger partial charge in [-0.1, -0.05) is 0 Å². The van der Waals surface area contributed by atoms with Crippen molar-refractivity contribution in [3.8, 4) is 12.1 Å². The molecule has 2 aliphatic rings. The highest BCUT2D eigenvalue weighted by atomic mass is 35.5. The molecule has 0 radical (unpaired) electrons. The van der Waals surface area contributed by atoms with Crippen LogP contribution in [0.5, 0.6) is 0 Å². The molecule has 32 heavy (non-hydrogen) atoms. The molecule has 11 heteroatoms. The summed E-state index contributed by atoms with van der Waals surface area (Å²) in [6.07, 6.45) is 4.09. The van der Waals surface area contributed by atoms with Crippen LogP contribution in [0.4, 0.5) is 4.79 Å². The summed E-state index contributed by atoms with van der Waals surface area (Å²) in [4.78, 5) is 22.3. The predicted molar refractivity (Wildman–Crippen MR) is 112 cm³/mol. The van der Waals surface area contributed by atoms with Crippen LogP contribution in [0.15, 0.2) is 33.5 Å². The molecule has 2 saturated heterocycles. The Kier molecular flexibility index (Phi) is 8.70. The second kappa shape index (κ2) is 11.0. The molecule has 0 bridgehead atoms. The average molecular weight is 465 g/mol. The Balaban J connectivity index is 0.000000241. The quantitative estimate of drug-likeness (QED) is 0.689. The molecule has 2 aliphatic heterocycles. The molecular weight excluding hydrogens is 440 g/mol. The van der Waals surface area contributed by atoms with Crippen LogP contribution in [0.1, 0.15) is 68.3 Å². The summed E-state index contributed by atoms with van der Waals surface area (Å²) in [5, 5.41) is 18.4. The topological polar surface area (TPSA) is 134 Å². The largest absolute Gasteiger partial charge is 0.454 e. The summed E-state index contributed by atoms with van der Waals surface area (Å²) in [5.41, 5.74) is 3.97. The number of hydroxylamine groups is 3. The van der Waals surface area contributed by atoms with Gasteiger partial charge in [0.2, 0.25) is 11.5 Å². The van der Waals surface area contributed by atoms with Crippen molar-refractivity contribution in [2.24, 2.45) is 0 Å². The summed E-state index contributed by atoms with van der Waals surface area (Å²) in [6.45, 7) is 6.51. The van der Waals surface area contributed by atoms with E-state index in [4.69, 9.17) is 33.8 Å². The van der Waals surface area contributed by atoms with Crippen molar-refractivity contribution in [3.63, 3.8) is 0 Å². The Morgan fingerprint density at radius 2 is 1.72 bits per heavy atom. The molecule has 172 valence electrons. The fourth-order valence-electron chi connectivity index (χ4n) is 3.07. The summed E-state index contributed by atoms with van der Waals surface area (Å²) in [6, 6.07) is 7.08. The number of furan rings is 2. The maximum absolute atomic E-state index is 12.0. The van der Waals surface area contributed by atoms with Crippen molar-refractivity contribution in [2.75, 3.05) is 13.2 Å². The molecule has 1 N–H and O–H groups in total. The number of hydrogen-bond acceptors (Lipinski definition) is 9. The summed E-state index contributed by atoms with van der Waals surface area (Å²) < 4.78 is 15.3. The van der Waals surface area contributed by atoms with Gasteiger partial charge in [-0.3, -0.25) is 4.84 Å². The van der Waals surface area contributed by atoms with Crippen molar-refractivity contribution in [3.05, 3.63) is 47.3 Å². The van der Waals surface area contributed by atoms with E-state index in [1.165, 1.54) is 11.3 Å². The minimum atomic E-state index is -0.582. The van der Waals surface area contributed by atoms with E-state index in [1.807, 2.05) is 12.1 Å². The van der Waals surface area contributed by atoms with Crippen LogP contribution in [0, 0.1) is 22.7 Å². The number of nitriles is 2. The molecule has 2 atom stereocenters. The minimum Gasteiger partial charge on any atom is -0.454 e. The molecule has 1 amide bonds. The van der Waals surface area contributed by atoms with Crippen LogP contribution in [0.25, 0.3) is 0 Å². The van der Waals surface area contributed by atoms with E-state index in [1.54, 1.807) is 39.2 Å². The second-order valence-corrected chi connectivity index (χ2v) is 7.96. The van der Waals surface area contributed by atoms with Gasteiger partial charge in [-0.2, -0.15) is 21.1 Å². The average Bonchev–Trinajstić information content (AvgIpc) is 3.53.